The maximum Gasteiger partial charge on any atom is 0.335 e. The van der Waals surface area contributed by atoms with Crippen molar-refractivity contribution in [3.05, 3.63) is 56.2 Å². The van der Waals surface area contributed by atoms with Crippen LogP contribution in [0.3, 0.4) is 0 Å². The van der Waals surface area contributed by atoms with E-state index in [1.165, 1.54) is 6.20 Å². The monoisotopic (exact) mass is 352 g/mol. The molecule has 0 saturated carbocycles. The first kappa shape index (κ1) is 14.9. The molecule has 0 fully saturated rings. The number of ether oxygens (including phenoxy) is 1. The van der Waals surface area contributed by atoms with Gasteiger partial charge in [-0.1, -0.05) is 0 Å². The first-order valence-electron chi connectivity index (χ1n) is 5.70. The predicted octanol–water partition coefficient (Wildman–Crippen LogP) is 3.55. The van der Waals surface area contributed by atoms with Crippen molar-refractivity contribution >= 4 is 27.6 Å². The maximum absolute atomic E-state index is 11.0. The SMILES string of the molecule is Cc1cnc(Oc2cc(C(=O)O)ccc2[N+](=O)[O-])c(Br)c1. The number of hydrogen-bond acceptors (Lipinski definition) is 5. The molecule has 1 N–H and O–H groups in total. The molecule has 0 aliphatic rings. The fourth-order valence-corrected chi connectivity index (χ4v) is 2.12. The molecule has 1 heterocycles. The highest BCUT2D eigenvalue weighted by atomic mass is 79.9. The number of rotatable bonds is 4. The van der Waals surface area contributed by atoms with Crippen LogP contribution in [-0.2, 0) is 0 Å². The number of nitrogens with zero attached hydrogens (tertiary/aromatic N) is 2. The van der Waals surface area contributed by atoms with E-state index in [1.807, 2.05) is 6.92 Å². The molecule has 0 radical (unpaired) electrons. The van der Waals surface area contributed by atoms with Crippen molar-refractivity contribution < 1.29 is 19.6 Å². The molecule has 0 unspecified atom stereocenters. The van der Waals surface area contributed by atoms with Gasteiger partial charge < -0.3 is 9.84 Å². The van der Waals surface area contributed by atoms with Crippen molar-refractivity contribution in [2.45, 2.75) is 6.92 Å². The highest BCUT2D eigenvalue weighted by Gasteiger charge is 2.20. The van der Waals surface area contributed by atoms with Gasteiger partial charge in [0.05, 0.1) is 15.0 Å². The van der Waals surface area contributed by atoms with E-state index in [4.69, 9.17) is 9.84 Å². The molecule has 0 aliphatic carbocycles. The number of pyridine rings is 1. The minimum absolute atomic E-state index is 0.112. The molecular formula is C13H9BrN2O5. The van der Waals surface area contributed by atoms with E-state index in [-0.39, 0.29) is 22.9 Å². The van der Waals surface area contributed by atoms with Crippen molar-refractivity contribution in [2.24, 2.45) is 0 Å². The highest BCUT2D eigenvalue weighted by molar-refractivity contribution is 9.10. The first-order valence-corrected chi connectivity index (χ1v) is 6.49. The van der Waals surface area contributed by atoms with Crippen molar-refractivity contribution in [2.75, 3.05) is 0 Å². The van der Waals surface area contributed by atoms with Gasteiger partial charge in [-0.15, -0.1) is 0 Å². The number of aromatic nitrogens is 1. The number of carboxylic acids is 1. The van der Waals surface area contributed by atoms with Crippen molar-refractivity contribution in [1.29, 1.82) is 0 Å². The lowest BCUT2D eigenvalue weighted by molar-refractivity contribution is -0.385. The van der Waals surface area contributed by atoms with E-state index in [0.29, 0.717) is 4.47 Å². The molecule has 0 aliphatic heterocycles. The summed E-state index contributed by atoms with van der Waals surface area (Å²) in [7, 11) is 0. The molecule has 1 aromatic heterocycles. The molecule has 2 rings (SSSR count). The topological polar surface area (TPSA) is 103 Å². The number of hydrogen-bond donors (Lipinski definition) is 1. The van der Waals surface area contributed by atoms with Gasteiger partial charge in [-0.25, -0.2) is 9.78 Å². The lowest BCUT2D eigenvalue weighted by Crippen LogP contribution is -2.00. The summed E-state index contributed by atoms with van der Waals surface area (Å²) in [6.07, 6.45) is 1.53. The predicted molar refractivity (Wildman–Crippen MR) is 76.8 cm³/mol. The second-order valence-corrected chi connectivity index (χ2v) is 5.00. The highest BCUT2D eigenvalue weighted by Crippen LogP contribution is 2.34. The Labute approximate surface area is 127 Å². The summed E-state index contributed by atoms with van der Waals surface area (Å²) in [6.45, 7) is 1.83. The van der Waals surface area contributed by atoms with Crippen LogP contribution in [0.25, 0.3) is 0 Å². The summed E-state index contributed by atoms with van der Waals surface area (Å²) in [4.78, 5) is 25.3. The molecule has 0 bridgehead atoms. The second-order valence-electron chi connectivity index (χ2n) is 4.15. The van der Waals surface area contributed by atoms with E-state index < -0.39 is 10.9 Å². The molecule has 21 heavy (non-hydrogen) atoms. The summed E-state index contributed by atoms with van der Waals surface area (Å²) < 4.78 is 5.90. The Bertz CT molecular complexity index is 732. The first-order chi connectivity index (χ1) is 9.88. The largest absolute Gasteiger partial charge is 0.478 e. The molecule has 1 aromatic carbocycles. The van der Waals surface area contributed by atoms with Gasteiger partial charge in [0.25, 0.3) is 0 Å². The third kappa shape index (κ3) is 3.34. The lowest BCUT2D eigenvalue weighted by atomic mass is 10.2. The van der Waals surface area contributed by atoms with E-state index in [2.05, 4.69) is 20.9 Å². The number of nitro groups is 1. The number of carboxylic acid groups (broad SMARTS) is 1. The Morgan fingerprint density at radius 1 is 1.43 bits per heavy atom. The Hall–Kier alpha value is -2.48. The van der Waals surface area contributed by atoms with Crippen molar-refractivity contribution in [3.8, 4) is 11.6 Å². The molecular weight excluding hydrogens is 344 g/mol. The summed E-state index contributed by atoms with van der Waals surface area (Å²) >= 11 is 3.24. The Morgan fingerprint density at radius 2 is 2.14 bits per heavy atom. The van der Waals surface area contributed by atoms with Crippen molar-refractivity contribution in [3.63, 3.8) is 0 Å². The number of nitro benzene ring substituents is 1. The summed E-state index contributed by atoms with van der Waals surface area (Å²) in [5, 5.41) is 19.9. The van der Waals surface area contributed by atoms with Crippen LogP contribution in [-0.4, -0.2) is 21.0 Å². The Balaban J connectivity index is 2.48. The smallest absolute Gasteiger partial charge is 0.335 e. The van der Waals surface area contributed by atoms with Crippen LogP contribution in [0.1, 0.15) is 15.9 Å². The van der Waals surface area contributed by atoms with Gasteiger partial charge in [-0.2, -0.15) is 0 Å². The van der Waals surface area contributed by atoms with E-state index in [1.54, 1.807) is 6.07 Å². The summed E-state index contributed by atoms with van der Waals surface area (Å²) in [5.41, 5.74) is 0.427. The van der Waals surface area contributed by atoms with Crippen molar-refractivity contribution in [1.82, 2.24) is 4.98 Å². The average molecular weight is 353 g/mol. The zero-order valence-corrected chi connectivity index (χ0v) is 12.3. The number of aryl methyl sites for hydroxylation is 1. The number of aromatic carboxylic acids is 1. The normalized spacial score (nSPS) is 10.2. The van der Waals surface area contributed by atoms with Gasteiger partial charge >= 0.3 is 11.7 Å². The van der Waals surface area contributed by atoms with Crippen LogP contribution in [0.4, 0.5) is 5.69 Å². The fraction of sp³-hybridized carbons (Fsp3) is 0.0769. The second kappa shape index (κ2) is 5.88. The standard InChI is InChI=1S/C13H9BrN2O5/c1-7-4-9(14)12(15-6-7)21-11-5-8(13(17)18)2-3-10(11)16(19)20/h2-6H,1H3,(H,17,18). The van der Waals surface area contributed by atoms with Crippen LogP contribution in [0.15, 0.2) is 34.9 Å². The van der Waals surface area contributed by atoms with Gasteiger partial charge in [0, 0.05) is 18.3 Å². The summed E-state index contributed by atoms with van der Waals surface area (Å²) in [6, 6.07) is 5.05. The van der Waals surface area contributed by atoms with Gasteiger partial charge in [0.2, 0.25) is 11.6 Å². The van der Waals surface area contributed by atoms with Crippen LogP contribution < -0.4 is 4.74 Å². The fourth-order valence-electron chi connectivity index (χ4n) is 1.58. The third-order valence-corrected chi connectivity index (χ3v) is 3.12. The minimum Gasteiger partial charge on any atom is -0.478 e. The minimum atomic E-state index is -1.20. The molecule has 0 amide bonds. The van der Waals surface area contributed by atoms with Crippen LogP contribution in [0.2, 0.25) is 0 Å². The van der Waals surface area contributed by atoms with Gasteiger partial charge in [-0.05, 0) is 40.5 Å². The van der Waals surface area contributed by atoms with Gasteiger partial charge in [-0.3, -0.25) is 10.1 Å². The molecule has 0 saturated heterocycles. The average Bonchev–Trinajstić information content (AvgIpc) is 2.41. The molecule has 8 heteroatoms. The van der Waals surface area contributed by atoms with E-state index in [0.717, 1.165) is 23.8 Å². The molecule has 0 atom stereocenters. The number of halogens is 1. The van der Waals surface area contributed by atoms with E-state index in [9.17, 15) is 14.9 Å². The van der Waals surface area contributed by atoms with E-state index >= 15 is 0 Å². The lowest BCUT2D eigenvalue weighted by Gasteiger charge is -2.08. The summed E-state index contributed by atoms with van der Waals surface area (Å²) in [5.74, 6) is -1.27. The Kier molecular flexibility index (Phi) is 4.18. The quantitative estimate of drug-likeness (QED) is 0.666. The zero-order chi connectivity index (χ0) is 15.6. The zero-order valence-electron chi connectivity index (χ0n) is 10.7. The van der Waals surface area contributed by atoms with Gasteiger partial charge in [0.1, 0.15) is 0 Å². The molecule has 2 aromatic rings. The maximum atomic E-state index is 11.0. The molecule has 0 spiro atoms. The van der Waals surface area contributed by atoms with Crippen LogP contribution >= 0.6 is 15.9 Å². The number of carbonyl (C=O) groups is 1. The Morgan fingerprint density at radius 3 is 2.71 bits per heavy atom. The van der Waals surface area contributed by atoms with Gasteiger partial charge in [0.15, 0.2) is 0 Å². The molecule has 108 valence electrons. The number of benzene rings is 1. The van der Waals surface area contributed by atoms with Crippen LogP contribution in [0, 0.1) is 17.0 Å². The molecule has 7 nitrogen and oxygen atoms in total. The van der Waals surface area contributed by atoms with Crippen LogP contribution in [0.5, 0.6) is 11.6 Å². The third-order valence-electron chi connectivity index (χ3n) is 2.55.